The number of anilines is 2. The number of ether oxygens (including phenoxy) is 1. The van der Waals surface area contributed by atoms with Gasteiger partial charge < -0.3 is 15.0 Å². The van der Waals surface area contributed by atoms with E-state index in [1.54, 1.807) is 0 Å². The zero-order valence-electron chi connectivity index (χ0n) is 12.8. The Morgan fingerprint density at radius 2 is 1.96 bits per heavy atom. The number of benzene rings is 1. The Morgan fingerprint density at radius 1 is 1.26 bits per heavy atom. The van der Waals surface area contributed by atoms with Gasteiger partial charge in [0.15, 0.2) is 0 Å². The van der Waals surface area contributed by atoms with Crippen molar-refractivity contribution in [2.24, 2.45) is 0 Å². The molecule has 0 radical (unpaired) electrons. The summed E-state index contributed by atoms with van der Waals surface area (Å²) in [4.78, 5) is 25.7. The van der Waals surface area contributed by atoms with Crippen molar-refractivity contribution in [2.75, 3.05) is 16.8 Å². The van der Waals surface area contributed by atoms with Gasteiger partial charge in [-0.25, -0.2) is 0 Å². The summed E-state index contributed by atoms with van der Waals surface area (Å²) < 4.78 is 28.5. The van der Waals surface area contributed by atoms with Crippen LogP contribution in [0.1, 0.15) is 30.9 Å². The first-order chi connectivity index (χ1) is 11.0. The fourth-order valence-electron chi connectivity index (χ4n) is 3.19. The average molecular weight is 324 g/mol. The lowest BCUT2D eigenvalue weighted by Crippen LogP contribution is -2.39. The highest BCUT2D eigenvalue weighted by molar-refractivity contribution is 5.99. The minimum atomic E-state index is -2.99. The van der Waals surface area contributed by atoms with Gasteiger partial charge in [0, 0.05) is 18.7 Å². The van der Waals surface area contributed by atoms with E-state index in [0.29, 0.717) is 18.5 Å². The van der Waals surface area contributed by atoms with Gasteiger partial charge in [-0.1, -0.05) is 0 Å². The molecule has 0 saturated carbocycles. The van der Waals surface area contributed by atoms with Crippen LogP contribution in [-0.4, -0.2) is 31.1 Å². The molecule has 0 spiro atoms. The number of rotatable bonds is 4. The molecule has 7 heteroatoms. The Hall–Kier alpha value is -2.02. The number of hydrogen-bond acceptors (Lipinski definition) is 3. The first-order valence-corrected chi connectivity index (χ1v) is 7.66. The van der Waals surface area contributed by atoms with Gasteiger partial charge in [-0.15, -0.1) is 0 Å². The predicted molar refractivity (Wildman–Crippen MR) is 80.6 cm³/mol. The molecule has 2 heterocycles. The van der Waals surface area contributed by atoms with Crippen LogP contribution < -0.4 is 10.2 Å². The SMILES string of the molecule is CC(OC(F)F)C(=O)Nc1cc2c3c(c1)CCC(=O)N3CCC2. The largest absolute Gasteiger partial charge is 0.346 e. The van der Waals surface area contributed by atoms with Crippen molar-refractivity contribution < 1.29 is 23.1 Å². The third kappa shape index (κ3) is 3.19. The van der Waals surface area contributed by atoms with E-state index in [1.165, 1.54) is 6.92 Å². The second kappa shape index (κ2) is 6.23. The van der Waals surface area contributed by atoms with E-state index in [2.05, 4.69) is 10.1 Å². The van der Waals surface area contributed by atoms with Crippen molar-refractivity contribution in [3.05, 3.63) is 23.3 Å². The van der Waals surface area contributed by atoms with Gasteiger partial charge in [0.2, 0.25) is 5.91 Å². The van der Waals surface area contributed by atoms with E-state index in [4.69, 9.17) is 0 Å². The first kappa shape index (κ1) is 15.9. The summed E-state index contributed by atoms with van der Waals surface area (Å²) in [5.41, 5.74) is 3.55. The molecule has 1 aromatic rings. The molecule has 0 aliphatic carbocycles. The van der Waals surface area contributed by atoms with Gasteiger partial charge in [-0.2, -0.15) is 8.78 Å². The van der Waals surface area contributed by atoms with Gasteiger partial charge in [-0.05, 0) is 49.4 Å². The number of carbonyl (C=O) groups excluding carboxylic acids is 2. The lowest BCUT2D eigenvalue weighted by atomic mass is 9.91. The molecule has 0 aromatic heterocycles. The van der Waals surface area contributed by atoms with E-state index in [1.807, 2.05) is 17.0 Å². The van der Waals surface area contributed by atoms with Crippen LogP contribution in [0.5, 0.6) is 0 Å². The van der Waals surface area contributed by atoms with E-state index in [9.17, 15) is 18.4 Å². The molecule has 0 fully saturated rings. The number of amides is 2. The lowest BCUT2D eigenvalue weighted by Gasteiger charge is -2.35. The number of nitrogens with one attached hydrogen (secondary N) is 1. The van der Waals surface area contributed by atoms with Crippen LogP contribution in [0.4, 0.5) is 20.2 Å². The van der Waals surface area contributed by atoms with Crippen molar-refractivity contribution in [3.8, 4) is 0 Å². The van der Waals surface area contributed by atoms with Crippen LogP contribution in [0.3, 0.4) is 0 Å². The monoisotopic (exact) mass is 324 g/mol. The number of nitrogens with zero attached hydrogens (tertiary/aromatic N) is 1. The zero-order valence-corrected chi connectivity index (χ0v) is 12.8. The smallest absolute Gasteiger partial charge is 0.324 e. The van der Waals surface area contributed by atoms with Gasteiger partial charge >= 0.3 is 6.61 Å². The maximum absolute atomic E-state index is 12.2. The Labute approximate surface area is 132 Å². The molecule has 0 bridgehead atoms. The molecule has 5 nitrogen and oxygen atoms in total. The number of alkyl halides is 2. The summed E-state index contributed by atoms with van der Waals surface area (Å²) in [6.07, 6.45) is 1.55. The summed E-state index contributed by atoms with van der Waals surface area (Å²) >= 11 is 0. The molecular formula is C16H18F2N2O3. The minimum Gasteiger partial charge on any atom is -0.324 e. The zero-order chi connectivity index (χ0) is 16.6. The molecule has 3 rings (SSSR count). The Kier molecular flexibility index (Phi) is 4.30. The molecule has 1 N–H and O–H groups in total. The topological polar surface area (TPSA) is 58.6 Å². The van der Waals surface area contributed by atoms with E-state index < -0.39 is 18.6 Å². The van der Waals surface area contributed by atoms with Crippen LogP contribution in [0.2, 0.25) is 0 Å². The van der Waals surface area contributed by atoms with Crippen molar-refractivity contribution in [1.29, 1.82) is 0 Å². The quantitative estimate of drug-likeness (QED) is 0.926. The van der Waals surface area contributed by atoms with Crippen LogP contribution >= 0.6 is 0 Å². The van der Waals surface area contributed by atoms with E-state index in [-0.39, 0.29) is 5.91 Å². The fraction of sp³-hybridized carbons (Fsp3) is 0.500. The third-order valence-corrected chi connectivity index (χ3v) is 4.22. The molecule has 0 saturated heterocycles. The van der Waals surface area contributed by atoms with E-state index in [0.717, 1.165) is 36.2 Å². The maximum atomic E-state index is 12.2. The van der Waals surface area contributed by atoms with Crippen LogP contribution in [0.15, 0.2) is 12.1 Å². The Balaban J connectivity index is 1.83. The molecule has 1 atom stereocenters. The normalized spacial score (nSPS) is 17.9. The highest BCUT2D eigenvalue weighted by atomic mass is 19.3. The molecule has 2 aliphatic rings. The molecule has 124 valence electrons. The molecule has 1 unspecified atom stereocenters. The summed E-state index contributed by atoms with van der Waals surface area (Å²) in [5, 5.41) is 2.62. The van der Waals surface area contributed by atoms with Crippen molar-refractivity contribution in [2.45, 2.75) is 45.3 Å². The highest BCUT2D eigenvalue weighted by Crippen LogP contribution is 2.37. The van der Waals surface area contributed by atoms with Crippen molar-refractivity contribution in [3.63, 3.8) is 0 Å². The molecule has 2 aliphatic heterocycles. The van der Waals surface area contributed by atoms with Gasteiger partial charge in [-0.3, -0.25) is 9.59 Å². The molecule has 23 heavy (non-hydrogen) atoms. The molecule has 1 aromatic carbocycles. The summed E-state index contributed by atoms with van der Waals surface area (Å²) in [7, 11) is 0. The van der Waals surface area contributed by atoms with Gasteiger partial charge in [0.05, 0.1) is 5.69 Å². The minimum absolute atomic E-state index is 0.134. The molecular weight excluding hydrogens is 306 g/mol. The summed E-state index contributed by atoms with van der Waals surface area (Å²) in [5.74, 6) is -0.480. The lowest BCUT2D eigenvalue weighted by molar-refractivity contribution is -0.168. The number of aryl methyl sites for hydroxylation is 2. The predicted octanol–water partition coefficient (Wildman–Crippen LogP) is 2.48. The van der Waals surface area contributed by atoms with Gasteiger partial charge in [0.25, 0.3) is 5.91 Å². The van der Waals surface area contributed by atoms with Crippen LogP contribution in [-0.2, 0) is 27.2 Å². The van der Waals surface area contributed by atoms with E-state index >= 15 is 0 Å². The number of halogens is 2. The number of hydrogen-bond donors (Lipinski definition) is 1. The van der Waals surface area contributed by atoms with Crippen LogP contribution in [0.25, 0.3) is 0 Å². The Bertz CT molecular complexity index is 631. The first-order valence-electron chi connectivity index (χ1n) is 7.66. The molecule has 2 amide bonds. The Morgan fingerprint density at radius 3 is 2.65 bits per heavy atom. The summed E-state index contributed by atoms with van der Waals surface area (Å²) in [6, 6.07) is 3.63. The fourth-order valence-corrected chi connectivity index (χ4v) is 3.19. The van der Waals surface area contributed by atoms with Crippen LogP contribution in [0, 0.1) is 0 Å². The number of carbonyl (C=O) groups is 2. The highest BCUT2D eigenvalue weighted by Gasteiger charge is 2.30. The second-order valence-corrected chi connectivity index (χ2v) is 5.82. The maximum Gasteiger partial charge on any atom is 0.346 e. The van der Waals surface area contributed by atoms with Gasteiger partial charge in [0.1, 0.15) is 6.10 Å². The third-order valence-electron chi connectivity index (χ3n) is 4.22. The van der Waals surface area contributed by atoms with Crippen molar-refractivity contribution in [1.82, 2.24) is 0 Å². The summed E-state index contributed by atoms with van der Waals surface area (Å²) in [6.45, 7) is -0.978. The van der Waals surface area contributed by atoms with Crippen molar-refractivity contribution >= 4 is 23.2 Å². The second-order valence-electron chi connectivity index (χ2n) is 5.82. The average Bonchev–Trinajstić information content (AvgIpc) is 2.50. The standard InChI is InChI=1S/C16H18F2N2O3/c1-9(23-16(17)18)15(22)19-12-7-10-3-2-6-20-13(21)5-4-11(8-12)14(10)20/h7-9,16H,2-6H2,1H3,(H,19,22).